The lowest BCUT2D eigenvalue weighted by Crippen LogP contribution is -2.17. The Hall–Kier alpha value is 0.690. The molecule has 1 N–H and O–H groups in total. The van der Waals surface area contributed by atoms with Gasteiger partial charge in [-0.05, 0) is 25.7 Å². The van der Waals surface area contributed by atoms with Crippen molar-refractivity contribution in [2.45, 2.75) is 35.7 Å². The lowest BCUT2D eigenvalue weighted by molar-refractivity contribution is 0.134. The standard InChI is InChI=1S/C6H11IO/c7-5-1-3-6(8)4-2-5/h5-6,8H,1-4H2/t5-,6+. The van der Waals surface area contributed by atoms with Gasteiger partial charge >= 0.3 is 0 Å². The maximum atomic E-state index is 9.02. The van der Waals surface area contributed by atoms with Crippen LogP contribution in [-0.2, 0) is 0 Å². The second-order valence-electron chi connectivity index (χ2n) is 2.41. The molecule has 0 atom stereocenters. The molecular weight excluding hydrogens is 215 g/mol. The minimum absolute atomic E-state index is 0.0148. The van der Waals surface area contributed by atoms with Gasteiger partial charge in [0.05, 0.1) is 6.10 Å². The summed E-state index contributed by atoms with van der Waals surface area (Å²) in [7, 11) is 0. The SMILES string of the molecule is O[C@H]1CC[C@@H](I)CC1. The highest BCUT2D eigenvalue weighted by Crippen LogP contribution is 2.23. The molecule has 0 aromatic heterocycles. The molecule has 1 fully saturated rings. The normalized spacial score (nSPS) is 39.8. The molecule has 48 valence electrons. The van der Waals surface area contributed by atoms with E-state index in [0.717, 1.165) is 16.8 Å². The number of hydrogen-bond donors (Lipinski definition) is 1. The highest BCUT2D eigenvalue weighted by molar-refractivity contribution is 14.1. The van der Waals surface area contributed by atoms with Crippen LogP contribution in [0, 0.1) is 0 Å². The highest BCUT2D eigenvalue weighted by atomic mass is 127. The van der Waals surface area contributed by atoms with Crippen LogP contribution >= 0.6 is 22.6 Å². The molecule has 1 aliphatic carbocycles. The van der Waals surface area contributed by atoms with E-state index in [0.29, 0.717) is 0 Å². The van der Waals surface area contributed by atoms with Crippen LogP contribution in [-0.4, -0.2) is 15.1 Å². The van der Waals surface area contributed by atoms with E-state index in [9.17, 15) is 0 Å². The van der Waals surface area contributed by atoms with E-state index < -0.39 is 0 Å². The Morgan fingerprint density at radius 1 is 1.12 bits per heavy atom. The van der Waals surface area contributed by atoms with Crippen molar-refractivity contribution in [1.82, 2.24) is 0 Å². The van der Waals surface area contributed by atoms with Gasteiger partial charge in [-0.1, -0.05) is 22.6 Å². The molecule has 1 rings (SSSR count). The van der Waals surface area contributed by atoms with Crippen LogP contribution in [0.3, 0.4) is 0 Å². The van der Waals surface area contributed by atoms with Gasteiger partial charge in [0.25, 0.3) is 0 Å². The molecule has 0 aromatic rings. The van der Waals surface area contributed by atoms with Gasteiger partial charge in [0.2, 0.25) is 0 Å². The summed E-state index contributed by atoms with van der Waals surface area (Å²) in [5, 5.41) is 9.02. The molecular formula is C6H11IO. The van der Waals surface area contributed by atoms with Crippen LogP contribution in [0.4, 0.5) is 0 Å². The van der Waals surface area contributed by atoms with Gasteiger partial charge in [-0.25, -0.2) is 0 Å². The molecule has 0 amide bonds. The summed E-state index contributed by atoms with van der Waals surface area (Å²) in [5.41, 5.74) is 0. The second-order valence-corrected chi connectivity index (χ2v) is 4.17. The molecule has 0 unspecified atom stereocenters. The Kier molecular flexibility index (Phi) is 2.56. The Balaban J connectivity index is 2.19. The van der Waals surface area contributed by atoms with Crippen molar-refractivity contribution in [2.24, 2.45) is 0 Å². The molecule has 1 nitrogen and oxygen atoms in total. The Labute approximate surface area is 63.6 Å². The van der Waals surface area contributed by atoms with Crippen molar-refractivity contribution < 1.29 is 5.11 Å². The fraction of sp³-hybridized carbons (Fsp3) is 1.00. The first-order valence-electron chi connectivity index (χ1n) is 3.11. The molecule has 0 heterocycles. The maximum absolute atomic E-state index is 9.02. The third kappa shape index (κ3) is 1.90. The van der Waals surface area contributed by atoms with Gasteiger partial charge in [0.1, 0.15) is 0 Å². The molecule has 0 aliphatic heterocycles. The fourth-order valence-corrected chi connectivity index (χ4v) is 1.75. The van der Waals surface area contributed by atoms with Gasteiger partial charge in [-0.3, -0.25) is 0 Å². The summed E-state index contributed by atoms with van der Waals surface area (Å²) in [6.45, 7) is 0. The van der Waals surface area contributed by atoms with Gasteiger partial charge in [0, 0.05) is 3.92 Å². The first kappa shape index (κ1) is 6.81. The summed E-state index contributed by atoms with van der Waals surface area (Å²) < 4.78 is 0.830. The minimum atomic E-state index is 0.0148. The lowest BCUT2D eigenvalue weighted by atomic mass is 9.98. The molecule has 0 saturated heterocycles. The number of alkyl halides is 1. The molecule has 0 radical (unpaired) electrons. The quantitative estimate of drug-likeness (QED) is 0.492. The Morgan fingerprint density at radius 3 is 2.00 bits per heavy atom. The van der Waals surface area contributed by atoms with Crippen molar-refractivity contribution in [2.75, 3.05) is 0 Å². The van der Waals surface area contributed by atoms with E-state index in [4.69, 9.17) is 5.11 Å². The maximum Gasteiger partial charge on any atom is 0.0541 e. The number of rotatable bonds is 0. The van der Waals surface area contributed by atoms with Crippen LogP contribution in [0.1, 0.15) is 25.7 Å². The molecule has 0 aromatic carbocycles. The fourth-order valence-electron chi connectivity index (χ4n) is 1.04. The van der Waals surface area contributed by atoms with Crippen molar-refractivity contribution >= 4 is 22.6 Å². The van der Waals surface area contributed by atoms with E-state index in [1.54, 1.807) is 0 Å². The van der Waals surface area contributed by atoms with Crippen LogP contribution in [0.15, 0.2) is 0 Å². The summed E-state index contributed by atoms with van der Waals surface area (Å²) >= 11 is 2.46. The van der Waals surface area contributed by atoms with Crippen molar-refractivity contribution in [3.8, 4) is 0 Å². The van der Waals surface area contributed by atoms with Crippen LogP contribution in [0.5, 0.6) is 0 Å². The van der Waals surface area contributed by atoms with Gasteiger partial charge in [0.15, 0.2) is 0 Å². The summed E-state index contributed by atoms with van der Waals surface area (Å²) in [5.74, 6) is 0. The molecule has 0 bridgehead atoms. The molecule has 1 aliphatic rings. The summed E-state index contributed by atoms with van der Waals surface area (Å²) in [4.78, 5) is 0. The first-order chi connectivity index (χ1) is 3.79. The average Bonchev–Trinajstić information content (AvgIpc) is 1.77. The molecule has 1 saturated carbocycles. The van der Waals surface area contributed by atoms with E-state index >= 15 is 0 Å². The van der Waals surface area contributed by atoms with Crippen LogP contribution in [0.25, 0.3) is 0 Å². The smallest absolute Gasteiger partial charge is 0.0541 e. The number of hydrogen-bond acceptors (Lipinski definition) is 1. The third-order valence-electron chi connectivity index (χ3n) is 1.63. The van der Waals surface area contributed by atoms with E-state index in [2.05, 4.69) is 22.6 Å². The van der Waals surface area contributed by atoms with Gasteiger partial charge in [-0.2, -0.15) is 0 Å². The van der Waals surface area contributed by atoms with Crippen molar-refractivity contribution in [3.05, 3.63) is 0 Å². The predicted octanol–water partition coefficient (Wildman–Crippen LogP) is 1.72. The molecule has 2 heteroatoms. The van der Waals surface area contributed by atoms with E-state index in [1.807, 2.05) is 0 Å². The van der Waals surface area contributed by atoms with E-state index in [1.165, 1.54) is 12.8 Å². The topological polar surface area (TPSA) is 20.2 Å². The van der Waals surface area contributed by atoms with E-state index in [-0.39, 0.29) is 6.10 Å². The van der Waals surface area contributed by atoms with Gasteiger partial charge in [-0.15, -0.1) is 0 Å². The Bertz CT molecular complexity index is 56.9. The van der Waals surface area contributed by atoms with Crippen LogP contribution < -0.4 is 0 Å². The summed E-state index contributed by atoms with van der Waals surface area (Å²) in [6, 6.07) is 0. The zero-order chi connectivity index (χ0) is 5.98. The lowest BCUT2D eigenvalue weighted by Gasteiger charge is -2.20. The minimum Gasteiger partial charge on any atom is -0.393 e. The average molecular weight is 226 g/mol. The Morgan fingerprint density at radius 2 is 1.62 bits per heavy atom. The first-order valence-corrected chi connectivity index (χ1v) is 4.36. The number of aliphatic hydroxyl groups excluding tert-OH is 1. The molecule has 0 spiro atoms. The largest absolute Gasteiger partial charge is 0.393 e. The second kappa shape index (κ2) is 3.01. The van der Waals surface area contributed by atoms with Crippen LogP contribution in [0.2, 0.25) is 0 Å². The highest BCUT2D eigenvalue weighted by Gasteiger charge is 2.15. The monoisotopic (exact) mass is 226 g/mol. The molecule has 8 heavy (non-hydrogen) atoms. The van der Waals surface area contributed by atoms with Crippen molar-refractivity contribution in [1.29, 1.82) is 0 Å². The van der Waals surface area contributed by atoms with Gasteiger partial charge < -0.3 is 5.11 Å². The van der Waals surface area contributed by atoms with Crippen molar-refractivity contribution in [3.63, 3.8) is 0 Å². The predicted molar refractivity (Wildman–Crippen MR) is 42.3 cm³/mol. The summed E-state index contributed by atoms with van der Waals surface area (Å²) in [6.07, 6.45) is 4.48. The zero-order valence-electron chi connectivity index (χ0n) is 4.81. The number of aliphatic hydroxyl groups is 1. The third-order valence-corrected chi connectivity index (χ3v) is 2.87. The zero-order valence-corrected chi connectivity index (χ0v) is 6.97. The number of halogens is 1.